The van der Waals surface area contributed by atoms with Gasteiger partial charge in [0.15, 0.2) is 0 Å². The fourth-order valence-corrected chi connectivity index (χ4v) is 3.00. The topological polar surface area (TPSA) is 49.4 Å². The molecule has 4 nitrogen and oxygen atoms in total. The molecule has 5 heteroatoms. The maximum atomic E-state index is 12.1. The van der Waals surface area contributed by atoms with Crippen molar-refractivity contribution in [3.63, 3.8) is 0 Å². The molecule has 0 aromatic rings. The lowest BCUT2D eigenvalue weighted by atomic mass is 9.97. The first-order valence-electron chi connectivity index (χ1n) is 6.45. The Morgan fingerprint density at radius 1 is 1.33 bits per heavy atom. The Balaban J connectivity index is 2.55. The number of hydrogen-bond donors (Lipinski definition) is 0. The van der Waals surface area contributed by atoms with Gasteiger partial charge in [0.25, 0.3) is 0 Å². The lowest BCUT2D eigenvalue weighted by molar-refractivity contribution is -0.252. The molecule has 0 saturated carbocycles. The van der Waals surface area contributed by atoms with Crippen LogP contribution in [0.25, 0.3) is 0 Å². The van der Waals surface area contributed by atoms with Crippen LogP contribution in [0.4, 0.5) is 0 Å². The predicted molar refractivity (Wildman–Crippen MR) is 77.9 cm³/mol. The van der Waals surface area contributed by atoms with E-state index in [1.165, 1.54) is 0 Å². The molecular formula is C13H23INO3. The van der Waals surface area contributed by atoms with Crippen LogP contribution in [0.1, 0.15) is 53.4 Å². The van der Waals surface area contributed by atoms with E-state index >= 15 is 0 Å². The Bertz CT molecular complexity index is 305. The Hall–Kier alpha value is 0.120. The third kappa shape index (κ3) is 3.57. The molecule has 105 valence electrons. The van der Waals surface area contributed by atoms with Gasteiger partial charge in [0, 0.05) is 18.4 Å². The molecule has 1 heterocycles. The van der Waals surface area contributed by atoms with Crippen molar-refractivity contribution in [1.82, 2.24) is 5.06 Å². The van der Waals surface area contributed by atoms with Gasteiger partial charge in [0.05, 0.1) is 5.54 Å². The maximum Gasteiger partial charge on any atom is 0.306 e. The molecule has 1 saturated heterocycles. The van der Waals surface area contributed by atoms with E-state index in [4.69, 9.17) is 4.74 Å². The van der Waals surface area contributed by atoms with Crippen molar-refractivity contribution in [3.8, 4) is 0 Å². The van der Waals surface area contributed by atoms with Crippen LogP contribution >= 0.6 is 22.6 Å². The van der Waals surface area contributed by atoms with Gasteiger partial charge in [-0.2, -0.15) is 0 Å². The first-order valence-corrected chi connectivity index (χ1v) is 7.97. The minimum Gasteiger partial charge on any atom is -0.460 e. The monoisotopic (exact) mass is 368 g/mol. The predicted octanol–water partition coefficient (Wildman–Crippen LogP) is 3.11. The van der Waals surface area contributed by atoms with Crippen LogP contribution < -0.4 is 0 Å². The summed E-state index contributed by atoms with van der Waals surface area (Å²) in [5.41, 5.74) is -1.10. The minimum absolute atomic E-state index is 0.177. The molecule has 1 fully saturated rings. The van der Waals surface area contributed by atoms with E-state index in [-0.39, 0.29) is 12.1 Å². The molecule has 18 heavy (non-hydrogen) atoms. The summed E-state index contributed by atoms with van der Waals surface area (Å²) in [6, 6.07) is 0. The molecule has 0 aliphatic carbocycles. The summed E-state index contributed by atoms with van der Waals surface area (Å²) >= 11 is 2.30. The molecule has 1 radical (unpaired) electrons. The Labute approximate surface area is 123 Å². The second-order valence-corrected chi connectivity index (χ2v) is 7.17. The number of alkyl halides is 1. The first kappa shape index (κ1) is 16.2. The fourth-order valence-electron chi connectivity index (χ4n) is 2.46. The molecule has 0 spiro atoms. The van der Waals surface area contributed by atoms with Crippen LogP contribution in [0, 0.1) is 0 Å². The van der Waals surface area contributed by atoms with Gasteiger partial charge in [-0.05, 0) is 45.0 Å². The van der Waals surface area contributed by atoms with Gasteiger partial charge in [-0.3, -0.25) is 4.79 Å². The fraction of sp³-hybridized carbons (Fsp3) is 0.923. The quantitative estimate of drug-likeness (QED) is 0.324. The first-order chi connectivity index (χ1) is 8.21. The SMILES string of the molecule is CC1(C)CC(OC(=O)CCCCI)C(C)(C)N1[O]. The Morgan fingerprint density at radius 2 is 1.94 bits per heavy atom. The van der Waals surface area contributed by atoms with Crippen molar-refractivity contribution >= 4 is 28.6 Å². The normalized spacial score (nSPS) is 26.2. The average molecular weight is 368 g/mol. The molecule has 1 rings (SSSR count). The molecule has 1 atom stereocenters. The summed E-state index contributed by atoms with van der Waals surface area (Å²) in [6.07, 6.45) is 2.63. The minimum atomic E-state index is -0.636. The van der Waals surface area contributed by atoms with Gasteiger partial charge < -0.3 is 4.74 Å². The molecule has 0 aromatic carbocycles. The van der Waals surface area contributed by atoms with Crippen molar-refractivity contribution in [3.05, 3.63) is 0 Å². The third-order valence-electron chi connectivity index (χ3n) is 3.58. The number of halogens is 1. The lowest BCUT2D eigenvalue weighted by Gasteiger charge is -2.32. The van der Waals surface area contributed by atoms with Crippen LogP contribution in [-0.4, -0.2) is 32.6 Å². The van der Waals surface area contributed by atoms with E-state index in [1.807, 2.05) is 27.7 Å². The second kappa shape index (κ2) is 6.05. The summed E-state index contributed by atoms with van der Waals surface area (Å²) in [5, 5.41) is 13.2. The van der Waals surface area contributed by atoms with Crippen LogP contribution in [-0.2, 0) is 14.7 Å². The highest BCUT2D eigenvalue weighted by Gasteiger charge is 2.54. The third-order valence-corrected chi connectivity index (χ3v) is 4.35. The molecule has 0 bridgehead atoms. The summed E-state index contributed by atoms with van der Waals surface area (Å²) in [4.78, 5) is 11.7. The van der Waals surface area contributed by atoms with E-state index in [0.717, 1.165) is 22.3 Å². The van der Waals surface area contributed by atoms with E-state index in [2.05, 4.69) is 22.6 Å². The van der Waals surface area contributed by atoms with E-state index < -0.39 is 11.1 Å². The molecule has 0 aromatic heterocycles. The van der Waals surface area contributed by atoms with Gasteiger partial charge >= 0.3 is 5.97 Å². The Kier molecular flexibility index (Phi) is 5.44. The standard InChI is InChI=1S/C13H23INO3/c1-12(2)9-10(13(3,4)15(12)17)18-11(16)7-5-6-8-14/h10H,5-9H2,1-4H3. The zero-order valence-electron chi connectivity index (χ0n) is 11.7. The molecular weight excluding hydrogens is 345 g/mol. The average Bonchev–Trinajstić information content (AvgIpc) is 2.40. The van der Waals surface area contributed by atoms with Crippen molar-refractivity contribution in [2.45, 2.75) is 70.6 Å². The smallest absolute Gasteiger partial charge is 0.306 e. The highest BCUT2D eigenvalue weighted by Crippen LogP contribution is 2.41. The molecule has 0 amide bonds. The van der Waals surface area contributed by atoms with E-state index in [9.17, 15) is 10.0 Å². The van der Waals surface area contributed by atoms with Crippen LogP contribution in [0.15, 0.2) is 0 Å². The Morgan fingerprint density at radius 3 is 2.39 bits per heavy atom. The van der Waals surface area contributed by atoms with Gasteiger partial charge in [0.2, 0.25) is 0 Å². The molecule has 1 aliphatic heterocycles. The zero-order valence-corrected chi connectivity index (χ0v) is 13.8. The molecule has 1 unspecified atom stereocenters. The number of hydroxylamine groups is 2. The van der Waals surface area contributed by atoms with Crippen molar-refractivity contribution in [2.24, 2.45) is 0 Å². The molecule has 0 N–H and O–H groups in total. The summed E-state index contributed by atoms with van der Waals surface area (Å²) in [5.74, 6) is -0.177. The number of hydrogen-bond acceptors (Lipinski definition) is 3. The number of rotatable bonds is 5. The summed E-state index contributed by atoms with van der Waals surface area (Å²) in [6.45, 7) is 7.48. The van der Waals surface area contributed by atoms with Gasteiger partial charge in [0.1, 0.15) is 6.10 Å². The van der Waals surface area contributed by atoms with Gasteiger partial charge in [-0.25, -0.2) is 0 Å². The van der Waals surface area contributed by atoms with Crippen molar-refractivity contribution in [2.75, 3.05) is 4.43 Å². The van der Waals surface area contributed by atoms with Crippen molar-refractivity contribution in [1.29, 1.82) is 0 Å². The summed E-state index contributed by atoms with van der Waals surface area (Å²) in [7, 11) is 0. The number of carbonyl (C=O) groups excluding carboxylic acids is 1. The van der Waals surface area contributed by atoms with E-state index in [1.54, 1.807) is 0 Å². The highest BCUT2D eigenvalue weighted by atomic mass is 127. The number of nitrogens with zero attached hydrogens (tertiary/aromatic N) is 1. The van der Waals surface area contributed by atoms with Crippen LogP contribution in [0.5, 0.6) is 0 Å². The number of carbonyl (C=O) groups is 1. The second-order valence-electron chi connectivity index (χ2n) is 6.09. The lowest BCUT2D eigenvalue weighted by Crippen LogP contribution is -2.48. The number of esters is 1. The summed E-state index contributed by atoms with van der Waals surface area (Å²) < 4.78 is 6.55. The van der Waals surface area contributed by atoms with E-state index in [0.29, 0.717) is 12.8 Å². The largest absolute Gasteiger partial charge is 0.460 e. The molecule has 1 aliphatic rings. The van der Waals surface area contributed by atoms with Gasteiger partial charge in [-0.15, -0.1) is 10.3 Å². The van der Waals surface area contributed by atoms with Crippen LogP contribution in [0.2, 0.25) is 0 Å². The number of unbranched alkanes of at least 4 members (excludes halogenated alkanes) is 1. The van der Waals surface area contributed by atoms with Crippen LogP contribution in [0.3, 0.4) is 0 Å². The maximum absolute atomic E-state index is 12.1. The van der Waals surface area contributed by atoms with Crippen molar-refractivity contribution < 1.29 is 14.7 Å². The number of ether oxygens (including phenoxy) is 1. The highest BCUT2D eigenvalue weighted by molar-refractivity contribution is 14.1. The zero-order chi connectivity index (χ0) is 14.0. The van der Waals surface area contributed by atoms with Gasteiger partial charge in [-0.1, -0.05) is 22.6 Å².